The Kier molecular flexibility index (Phi) is 4.54. The number of carbonyl (C=O) groups excluding carboxylic acids is 1. The maximum Gasteiger partial charge on any atom is 0.254 e. The molecule has 6 heteroatoms. The third-order valence-electron chi connectivity index (χ3n) is 3.75. The summed E-state index contributed by atoms with van der Waals surface area (Å²) in [6.07, 6.45) is 3.21. The van der Waals surface area contributed by atoms with E-state index in [1.165, 1.54) is 12.3 Å². The second-order valence-electron chi connectivity index (χ2n) is 5.38. The van der Waals surface area contributed by atoms with Crippen LogP contribution in [0.2, 0.25) is 0 Å². The lowest BCUT2D eigenvalue weighted by Crippen LogP contribution is -2.39. The van der Waals surface area contributed by atoms with Gasteiger partial charge in [-0.1, -0.05) is 6.92 Å². The second kappa shape index (κ2) is 6.17. The Balaban J connectivity index is 2.01. The molecule has 0 spiro atoms. The van der Waals surface area contributed by atoms with Gasteiger partial charge in [0.15, 0.2) is 11.6 Å². The predicted octanol–water partition coefficient (Wildman–Crippen LogP) is 1.81. The molecule has 1 aromatic heterocycles. The van der Waals surface area contributed by atoms with E-state index >= 15 is 0 Å². The highest BCUT2D eigenvalue weighted by Gasteiger charge is 2.28. The minimum atomic E-state index is -0.621. The molecule has 0 bridgehead atoms. The lowest BCUT2D eigenvalue weighted by molar-refractivity contribution is 0.0238. The Bertz CT molecular complexity index is 487. The van der Waals surface area contributed by atoms with Gasteiger partial charge in [0.05, 0.1) is 5.56 Å². The van der Waals surface area contributed by atoms with Crippen molar-refractivity contribution in [2.45, 2.75) is 19.8 Å². The SMILES string of the molecule is CNc1nccc(C(=O)NCC2(C)CCOCC2)c1F. The van der Waals surface area contributed by atoms with Crippen molar-refractivity contribution in [2.75, 3.05) is 32.1 Å². The number of anilines is 1. The molecule has 2 rings (SSSR count). The molecule has 20 heavy (non-hydrogen) atoms. The first-order valence-corrected chi connectivity index (χ1v) is 6.74. The molecule has 0 unspecified atom stereocenters. The quantitative estimate of drug-likeness (QED) is 0.883. The number of ether oxygens (including phenoxy) is 1. The number of hydrogen-bond acceptors (Lipinski definition) is 4. The maximum absolute atomic E-state index is 14.0. The first kappa shape index (κ1) is 14.7. The first-order valence-electron chi connectivity index (χ1n) is 6.74. The summed E-state index contributed by atoms with van der Waals surface area (Å²) in [6.45, 7) is 4.04. The van der Waals surface area contributed by atoms with Gasteiger partial charge in [-0.15, -0.1) is 0 Å². The Morgan fingerprint density at radius 1 is 1.50 bits per heavy atom. The number of halogens is 1. The van der Waals surface area contributed by atoms with Crippen molar-refractivity contribution in [1.82, 2.24) is 10.3 Å². The Labute approximate surface area is 117 Å². The lowest BCUT2D eigenvalue weighted by atomic mass is 9.82. The van der Waals surface area contributed by atoms with Crippen LogP contribution in [-0.2, 0) is 4.74 Å². The maximum atomic E-state index is 14.0. The molecule has 5 nitrogen and oxygen atoms in total. The third-order valence-corrected chi connectivity index (χ3v) is 3.75. The van der Waals surface area contributed by atoms with E-state index in [1.807, 2.05) is 0 Å². The lowest BCUT2D eigenvalue weighted by Gasteiger charge is -2.33. The highest BCUT2D eigenvalue weighted by molar-refractivity contribution is 5.95. The molecule has 1 saturated heterocycles. The molecule has 0 saturated carbocycles. The van der Waals surface area contributed by atoms with Crippen molar-refractivity contribution in [3.05, 3.63) is 23.6 Å². The van der Waals surface area contributed by atoms with E-state index in [1.54, 1.807) is 7.05 Å². The van der Waals surface area contributed by atoms with Crippen LogP contribution >= 0.6 is 0 Å². The fraction of sp³-hybridized carbons (Fsp3) is 0.571. The van der Waals surface area contributed by atoms with Gasteiger partial charge in [0.2, 0.25) is 0 Å². The molecular formula is C14H20FN3O2. The standard InChI is InChI=1S/C14H20FN3O2/c1-14(4-7-20-8-5-14)9-18-13(19)10-3-6-17-12(16-2)11(10)15/h3,6H,4-5,7-9H2,1-2H3,(H,16,17)(H,18,19). The Morgan fingerprint density at radius 3 is 2.85 bits per heavy atom. The number of hydrogen-bond donors (Lipinski definition) is 2. The van der Waals surface area contributed by atoms with E-state index in [4.69, 9.17) is 4.74 Å². The van der Waals surface area contributed by atoms with Crippen LogP contribution in [0.25, 0.3) is 0 Å². The van der Waals surface area contributed by atoms with Gasteiger partial charge in [0.25, 0.3) is 5.91 Å². The van der Waals surface area contributed by atoms with Crippen molar-refractivity contribution in [1.29, 1.82) is 0 Å². The normalized spacial score (nSPS) is 17.6. The van der Waals surface area contributed by atoms with Gasteiger partial charge in [-0.05, 0) is 24.3 Å². The van der Waals surface area contributed by atoms with E-state index in [2.05, 4.69) is 22.5 Å². The van der Waals surface area contributed by atoms with Gasteiger partial charge in [0.1, 0.15) is 0 Å². The minimum absolute atomic E-state index is 0.0139. The zero-order chi connectivity index (χ0) is 14.6. The monoisotopic (exact) mass is 281 g/mol. The Morgan fingerprint density at radius 2 is 2.20 bits per heavy atom. The van der Waals surface area contributed by atoms with E-state index in [-0.39, 0.29) is 16.8 Å². The number of nitrogens with zero attached hydrogens (tertiary/aromatic N) is 1. The first-order chi connectivity index (χ1) is 9.56. The van der Waals surface area contributed by atoms with Crippen LogP contribution in [0.4, 0.5) is 10.2 Å². The van der Waals surface area contributed by atoms with Gasteiger partial charge in [-0.2, -0.15) is 0 Å². The number of aromatic nitrogens is 1. The van der Waals surface area contributed by atoms with Gasteiger partial charge < -0.3 is 15.4 Å². The molecule has 0 atom stereocenters. The molecule has 2 heterocycles. The van der Waals surface area contributed by atoms with Gasteiger partial charge in [-0.25, -0.2) is 9.37 Å². The summed E-state index contributed by atoms with van der Waals surface area (Å²) in [5.74, 6) is -0.950. The highest BCUT2D eigenvalue weighted by atomic mass is 19.1. The van der Waals surface area contributed by atoms with E-state index < -0.39 is 11.7 Å². The molecular weight excluding hydrogens is 261 g/mol. The molecule has 0 aromatic carbocycles. The van der Waals surface area contributed by atoms with Crippen LogP contribution in [0.5, 0.6) is 0 Å². The molecule has 1 aliphatic rings. The van der Waals surface area contributed by atoms with Crippen LogP contribution in [0, 0.1) is 11.2 Å². The zero-order valence-electron chi connectivity index (χ0n) is 11.8. The molecule has 1 aliphatic heterocycles. The fourth-order valence-electron chi connectivity index (χ4n) is 2.22. The van der Waals surface area contributed by atoms with Crippen molar-refractivity contribution in [2.24, 2.45) is 5.41 Å². The number of amides is 1. The average molecular weight is 281 g/mol. The van der Waals surface area contributed by atoms with Crippen molar-refractivity contribution < 1.29 is 13.9 Å². The van der Waals surface area contributed by atoms with Gasteiger partial charge in [0, 0.05) is 33.0 Å². The zero-order valence-corrected chi connectivity index (χ0v) is 11.8. The number of carbonyl (C=O) groups is 1. The topological polar surface area (TPSA) is 63.2 Å². The van der Waals surface area contributed by atoms with Crippen LogP contribution < -0.4 is 10.6 Å². The number of nitrogens with one attached hydrogen (secondary N) is 2. The van der Waals surface area contributed by atoms with E-state index in [0.717, 1.165) is 12.8 Å². The molecule has 110 valence electrons. The van der Waals surface area contributed by atoms with Crippen LogP contribution in [0.1, 0.15) is 30.1 Å². The molecule has 0 radical (unpaired) electrons. The summed E-state index contributed by atoms with van der Waals surface area (Å²) >= 11 is 0. The second-order valence-corrected chi connectivity index (χ2v) is 5.38. The van der Waals surface area contributed by atoms with Crippen molar-refractivity contribution in [3.8, 4) is 0 Å². The summed E-state index contributed by atoms with van der Waals surface area (Å²) in [5.41, 5.74) is 0.0310. The minimum Gasteiger partial charge on any atom is -0.381 e. The molecule has 0 aliphatic carbocycles. The van der Waals surface area contributed by atoms with Crippen LogP contribution in [-0.4, -0.2) is 37.7 Å². The van der Waals surface area contributed by atoms with E-state index in [9.17, 15) is 9.18 Å². The average Bonchev–Trinajstić information content (AvgIpc) is 2.46. The molecule has 2 N–H and O–H groups in total. The highest BCUT2D eigenvalue weighted by Crippen LogP contribution is 2.28. The number of pyridine rings is 1. The molecule has 1 amide bonds. The number of rotatable bonds is 4. The summed E-state index contributed by atoms with van der Waals surface area (Å²) in [7, 11) is 1.57. The van der Waals surface area contributed by atoms with Crippen LogP contribution in [0.3, 0.4) is 0 Å². The summed E-state index contributed by atoms with van der Waals surface area (Å²) in [4.78, 5) is 15.9. The summed E-state index contributed by atoms with van der Waals surface area (Å²) in [6, 6.07) is 1.39. The largest absolute Gasteiger partial charge is 0.381 e. The van der Waals surface area contributed by atoms with Crippen LogP contribution in [0.15, 0.2) is 12.3 Å². The summed E-state index contributed by atoms with van der Waals surface area (Å²) in [5, 5.41) is 5.43. The van der Waals surface area contributed by atoms with Crippen molar-refractivity contribution >= 4 is 11.7 Å². The van der Waals surface area contributed by atoms with Crippen molar-refractivity contribution in [3.63, 3.8) is 0 Å². The molecule has 1 aromatic rings. The third kappa shape index (κ3) is 3.25. The fourth-order valence-corrected chi connectivity index (χ4v) is 2.22. The van der Waals surface area contributed by atoms with E-state index in [0.29, 0.717) is 19.8 Å². The summed E-state index contributed by atoms with van der Waals surface area (Å²) < 4.78 is 19.3. The van der Waals surface area contributed by atoms with Gasteiger partial charge in [-0.3, -0.25) is 4.79 Å². The van der Waals surface area contributed by atoms with Gasteiger partial charge >= 0.3 is 0 Å². The smallest absolute Gasteiger partial charge is 0.254 e. The Hall–Kier alpha value is -1.69. The molecule has 1 fully saturated rings. The predicted molar refractivity (Wildman–Crippen MR) is 74.2 cm³/mol.